The van der Waals surface area contributed by atoms with Gasteiger partial charge in [-0.15, -0.1) is 0 Å². The Morgan fingerprint density at radius 2 is 1.86 bits per heavy atom. The summed E-state index contributed by atoms with van der Waals surface area (Å²) in [6.45, 7) is 3.90. The van der Waals surface area contributed by atoms with Gasteiger partial charge in [0.15, 0.2) is 11.5 Å². The van der Waals surface area contributed by atoms with Crippen molar-refractivity contribution in [2.45, 2.75) is 26.6 Å². The molecule has 4 aromatic rings. The van der Waals surface area contributed by atoms with Crippen molar-refractivity contribution in [3.63, 3.8) is 0 Å². The molecule has 0 atom stereocenters. The van der Waals surface area contributed by atoms with Gasteiger partial charge in [-0.25, -0.2) is 9.97 Å². The summed E-state index contributed by atoms with van der Waals surface area (Å²) in [5.74, 6) is 1.57. The van der Waals surface area contributed by atoms with Gasteiger partial charge in [0.05, 0.1) is 18.3 Å². The largest absolute Gasteiger partial charge is 0.475 e. The van der Waals surface area contributed by atoms with Gasteiger partial charge in [0, 0.05) is 18.0 Å². The average Bonchev–Trinajstić information content (AvgIpc) is 3.06. The number of hydrogen-bond acceptors (Lipinski definition) is 6. The fourth-order valence-electron chi connectivity index (χ4n) is 3.03. The SMILES string of the molecule is CC(C)Oc1ccc2nc(-c3cccnc3N)n(-c3ccc(CO)cc3)c2n1. The standard InChI is InChI=1S/C21H21N5O2/c1-13(2)28-18-10-9-17-21(25-18)26(15-7-5-14(12-27)6-8-15)20(24-17)16-4-3-11-23-19(16)22/h3-11,13,27H,12H2,1-2H3,(H2,22,23). The van der Waals surface area contributed by atoms with Gasteiger partial charge in [0.2, 0.25) is 5.88 Å². The van der Waals surface area contributed by atoms with Crippen LogP contribution in [0.2, 0.25) is 0 Å². The Morgan fingerprint density at radius 1 is 1.07 bits per heavy atom. The molecule has 3 aromatic heterocycles. The highest BCUT2D eigenvalue weighted by Gasteiger charge is 2.18. The molecule has 7 heteroatoms. The summed E-state index contributed by atoms with van der Waals surface area (Å²) >= 11 is 0. The second-order valence-electron chi connectivity index (χ2n) is 6.69. The molecule has 28 heavy (non-hydrogen) atoms. The van der Waals surface area contributed by atoms with E-state index in [1.165, 1.54) is 0 Å². The van der Waals surface area contributed by atoms with E-state index >= 15 is 0 Å². The quantitative estimate of drug-likeness (QED) is 0.555. The molecule has 1 aromatic carbocycles. The van der Waals surface area contributed by atoms with Crippen LogP contribution in [0.3, 0.4) is 0 Å². The zero-order valence-electron chi connectivity index (χ0n) is 15.7. The molecular formula is C21H21N5O2. The first-order chi connectivity index (χ1) is 13.6. The van der Waals surface area contributed by atoms with Crippen molar-refractivity contribution in [1.29, 1.82) is 0 Å². The number of benzene rings is 1. The number of nitrogen functional groups attached to an aromatic ring is 1. The van der Waals surface area contributed by atoms with Gasteiger partial charge in [-0.1, -0.05) is 12.1 Å². The predicted molar refractivity (Wildman–Crippen MR) is 108 cm³/mol. The van der Waals surface area contributed by atoms with Crippen LogP contribution in [0.4, 0.5) is 5.82 Å². The molecule has 0 aliphatic carbocycles. The average molecular weight is 375 g/mol. The minimum absolute atomic E-state index is 0.0126. The molecule has 0 aliphatic rings. The van der Waals surface area contributed by atoms with E-state index in [-0.39, 0.29) is 12.7 Å². The third-order valence-electron chi connectivity index (χ3n) is 4.29. The van der Waals surface area contributed by atoms with E-state index in [0.717, 1.165) is 22.3 Å². The van der Waals surface area contributed by atoms with Gasteiger partial charge in [-0.3, -0.25) is 4.57 Å². The molecule has 0 saturated carbocycles. The zero-order valence-corrected chi connectivity index (χ0v) is 15.7. The molecule has 3 heterocycles. The Hall–Kier alpha value is -3.45. The van der Waals surface area contributed by atoms with Crippen LogP contribution in [-0.4, -0.2) is 30.7 Å². The molecular weight excluding hydrogens is 354 g/mol. The van der Waals surface area contributed by atoms with Crippen molar-refractivity contribution in [2.75, 3.05) is 5.73 Å². The van der Waals surface area contributed by atoms with Crippen LogP contribution >= 0.6 is 0 Å². The van der Waals surface area contributed by atoms with E-state index in [1.807, 2.05) is 66.9 Å². The van der Waals surface area contributed by atoms with Crippen molar-refractivity contribution in [1.82, 2.24) is 19.5 Å². The fraction of sp³-hybridized carbons (Fsp3) is 0.190. The van der Waals surface area contributed by atoms with Crippen molar-refractivity contribution < 1.29 is 9.84 Å². The summed E-state index contributed by atoms with van der Waals surface area (Å²) < 4.78 is 7.69. The Labute approximate surface area is 162 Å². The number of aliphatic hydroxyl groups is 1. The van der Waals surface area contributed by atoms with Crippen molar-refractivity contribution in [3.05, 3.63) is 60.3 Å². The second-order valence-corrected chi connectivity index (χ2v) is 6.69. The maximum Gasteiger partial charge on any atom is 0.215 e. The van der Waals surface area contributed by atoms with E-state index in [1.54, 1.807) is 6.20 Å². The first kappa shape index (κ1) is 17.9. The zero-order chi connectivity index (χ0) is 19.7. The van der Waals surface area contributed by atoms with Crippen molar-refractivity contribution in [2.24, 2.45) is 0 Å². The molecule has 0 saturated heterocycles. The maximum absolute atomic E-state index is 9.35. The third-order valence-corrected chi connectivity index (χ3v) is 4.29. The second kappa shape index (κ2) is 7.28. The lowest BCUT2D eigenvalue weighted by molar-refractivity contribution is 0.233. The monoisotopic (exact) mass is 375 g/mol. The molecule has 0 radical (unpaired) electrons. The Balaban J connectivity index is 1.98. The summed E-state index contributed by atoms with van der Waals surface area (Å²) in [5.41, 5.74) is 9.90. The van der Waals surface area contributed by atoms with Gasteiger partial charge in [0.25, 0.3) is 0 Å². The van der Waals surface area contributed by atoms with E-state index in [9.17, 15) is 5.11 Å². The predicted octanol–water partition coefficient (Wildman–Crippen LogP) is 3.34. The number of aromatic nitrogens is 4. The number of hydrogen-bond donors (Lipinski definition) is 2. The first-order valence-electron chi connectivity index (χ1n) is 9.04. The van der Waals surface area contributed by atoms with Gasteiger partial charge < -0.3 is 15.6 Å². The van der Waals surface area contributed by atoms with Crippen LogP contribution < -0.4 is 10.5 Å². The lowest BCUT2D eigenvalue weighted by Crippen LogP contribution is -2.07. The number of nitrogens with zero attached hydrogens (tertiary/aromatic N) is 4. The van der Waals surface area contributed by atoms with E-state index < -0.39 is 0 Å². The number of fused-ring (bicyclic) bond motifs is 1. The van der Waals surface area contributed by atoms with Gasteiger partial charge in [0.1, 0.15) is 11.3 Å². The minimum atomic E-state index is -0.0159. The molecule has 0 spiro atoms. The topological polar surface area (TPSA) is 99.1 Å². The fourth-order valence-corrected chi connectivity index (χ4v) is 3.03. The summed E-state index contributed by atoms with van der Waals surface area (Å²) in [5, 5.41) is 9.35. The highest BCUT2D eigenvalue weighted by molar-refractivity contribution is 5.83. The number of rotatable bonds is 5. The number of aliphatic hydroxyl groups excluding tert-OH is 1. The van der Waals surface area contributed by atoms with Gasteiger partial charge >= 0.3 is 0 Å². The molecule has 3 N–H and O–H groups in total. The Kier molecular flexibility index (Phi) is 4.67. The number of imidazole rings is 1. The van der Waals surface area contributed by atoms with Crippen molar-refractivity contribution in [3.8, 4) is 23.0 Å². The smallest absolute Gasteiger partial charge is 0.215 e. The molecule has 0 fully saturated rings. The summed E-state index contributed by atoms with van der Waals surface area (Å²) in [6, 6.07) is 15.0. The maximum atomic E-state index is 9.35. The van der Waals surface area contributed by atoms with Crippen molar-refractivity contribution >= 4 is 17.0 Å². The highest BCUT2D eigenvalue weighted by Crippen LogP contribution is 2.31. The molecule has 142 valence electrons. The molecule has 0 amide bonds. The van der Waals surface area contributed by atoms with E-state index in [2.05, 4.69) is 9.97 Å². The van der Waals surface area contributed by atoms with E-state index in [0.29, 0.717) is 23.2 Å². The normalized spacial score (nSPS) is 11.3. The first-order valence-corrected chi connectivity index (χ1v) is 9.04. The lowest BCUT2D eigenvalue weighted by atomic mass is 10.2. The van der Waals surface area contributed by atoms with Crippen LogP contribution in [0.15, 0.2) is 54.7 Å². The van der Waals surface area contributed by atoms with Gasteiger partial charge in [-0.05, 0) is 49.7 Å². The van der Waals surface area contributed by atoms with E-state index in [4.69, 9.17) is 15.5 Å². The number of anilines is 1. The molecule has 4 rings (SSSR count). The van der Waals surface area contributed by atoms with Crippen LogP contribution in [-0.2, 0) is 6.61 Å². The number of ether oxygens (including phenoxy) is 1. The summed E-state index contributed by atoms with van der Waals surface area (Å²) in [6.07, 6.45) is 1.66. The molecule has 0 aliphatic heterocycles. The Bertz CT molecular complexity index is 1120. The van der Waals surface area contributed by atoms with Crippen LogP contribution in [0.5, 0.6) is 5.88 Å². The highest BCUT2D eigenvalue weighted by atomic mass is 16.5. The van der Waals surface area contributed by atoms with Crippen LogP contribution in [0, 0.1) is 0 Å². The molecule has 7 nitrogen and oxygen atoms in total. The summed E-state index contributed by atoms with van der Waals surface area (Å²) in [7, 11) is 0. The lowest BCUT2D eigenvalue weighted by Gasteiger charge is -2.12. The Morgan fingerprint density at radius 3 is 2.54 bits per heavy atom. The van der Waals surface area contributed by atoms with Crippen LogP contribution in [0.25, 0.3) is 28.2 Å². The number of nitrogens with two attached hydrogens (primary N) is 1. The molecule has 0 unspecified atom stereocenters. The number of pyridine rings is 2. The third kappa shape index (κ3) is 3.27. The van der Waals surface area contributed by atoms with Crippen LogP contribution in [0.1, 0.15) is 19.4 Å². The van der Waals surface area contributed by atoms with Gasteiger partial charge in [-0.2, -0.15) is 4.98 Å². The summed E-state index contributed by atoms with van der Waals surface area (Å²) in [4.78, 5) is 13.6. The minimum Gasteiger partial charge on any atom is -0.475 e. The molecule has 0 bridgehead atoms.